The van der Waals surface area contributed by atoms with Crippen molar-refractivity contribution in [3.05, 3.63) is 48.8 Å². The van der Waals surface area contributed by atoms with Gasteiger partial charge in [0.15, 0.2) is 0 Å². The van der Waals surface area contributed by atoms with E-state index in [0.29, 0.717) is 5.69 Å². The molecule has 2 rings (SSSR count). The summed E-state index contributed by atoms with van der Waals surface area (Å²) in [5, 5.41) is 14.6. The Bertz CT molecular complexity index is 406. The third-order valence-corrected chi connectivity index (χ3v) is 2.34. The van der Waals surface area contributed by atoms with Gasteiger partial charge >= 0.3 is 0 Å². The van der Waals surface area contributed by atoms with Gasteiger partial charge in [0, 0.05) is 23.4 Å². The average molecular weight is 215 g/mol. The molecule has 1 aliphatic heterocycles. The molecule has 0 radical (unpaired) electrons. The smallest absolute Gasteiger partial charge is 0.0890 e. The van der Waals surface area contributed by atoms with Crippen LogP contribution in [0.2, 0.25) is 0 Å². The third kappa shape index (κ3) is 2.48. The largest absolute Gasteiger partial charge is 0.394 e. The Kier molecular flexibility index (Phi) is 3.33. The van der Waals surface area contributed by atoms with Crippen molar-refractivity contribution in [3.8, 4) is 0 Å². The molecule has 0 saturated heterocycles. The summed E-state index contributed by atoms with van der Waals surface area (Å²) in [5.74, 6) is 0. The maximum Gasteiger partial charge on any atom is 0.0890 e. The lowest BCUT2D eigenvalue weighted by Crippen LogP contribution is -2.05. The third-order valence-electron chi connectivity index (χ3n) is 2.34. The van der Waals surface area contributed by atoms with Gasteiger partial charge in [-0.25, -0.2) is 0 Å². The summed E-state index contributed by atoms with van der Waals surface area (Å²) in [4.78, 5) is 2.05. The molecular weight excluding hydrogens is 202 g/mol. The zero-order valence-electron chi connectivity index (χ0n) is 8.82. The van der Waals surface area contributed by atoms with E-state index in [2.05, 4.69) is 22.5 Å². The van der Waals surface area contributed by atoms with Crippen molar-refractivity contribution < 1.29 is 5.21 Å². The Morgan fingerprint density at radius 1 is 1.00 bits per heavy atom. The molecule has 0 atom stereocenters. The number of rotatable bonds is 2. The lowest BCUT2D eigenvalue weighted by atomic mass is 10.2. The van der Waals surface area contributed by atoms with Crippen molar-refractivity contribution in [3.63, 3.8) is 0 Å². The summed E-state index contributed by atoms with van der Waals surface area (Å²) in [6.07, 6.45) is 10.5. The molecule has 1 N–H and O–H groups in total. The Labute approximate surface area is 94.2 Å². The fourth-order valence-corrected chi connectivity index (χ4v) is 1.53. The molecule has 1 aromatic rings. The zero-order chi connectivity index (χ0) is 11.2. The first kappa shape index (κ1) is 10.4. The van der Waals surface area contributed by atoms with E-state index in [4.69, 9.17) is 5.21 Å². The van der Waals surface area contributed by atoms with Gasteiger partial charge in [-0.2, -0.15) is 0 Å². The first-order valence-electron chi connectivity index (χ1n) is 5.17. The fraction of sp³-hybridized carbons (Fsp3) is 0.167. The van der Waals surface area contributed by atoms with E-state index < -0.39 is 0 Å². The van der Waals surface area contributed by atoms with Gasteiger partial charge in [0.05, 0.1) is 5.69 Å². The van der Waals surface area contributed by atoms with Crippen molar-refractivity contribution in [1.29, 1.82) is 0 Å². The van der Waals surface area contributed by atoms with Crippen LogP contribution in [0.15, 0.2) is 59.2 Å². The van der Waals surface area contributed by atoms with Crippen LogP contribution in [0, 0.1) is 0 Å². The molecule has 0 aliphatic carbocycles. The van der Waals surface area contributed by atoms with Crippen LogP contribution in [-0.2, 0) is 0 Å². The van der Waals surface area contributed by atoms with E-state index in [1.165, 1.54) is 0 Å². The molecule has 0 spiro atoms. The van der Waals surface area contributed by atoms with Gasteiger partial charge in [-0.1, -0.05) is 12.2 Å². The summed E-state index contributed by atoms with van der Waals surface area (Å²) in [7, 11) is 0. The molecule has 1 heterocycles. The Balaban J connectivity index is 2.20. The van der Waals surface area contributed by atoms with Gasteiger partial charge in [-0.05, 0) is 37.1 Å². The lowest BCUT2D eigenvalue weighted by molar-refractivity contribution is 0.289. The standard InChI is InChI=1S/C12H13N3O/c16-14-13-11-5-7-12(8-6-11)15-9-3-1-2-4-10-15/h3-10H,1-2H2,(H,13,16). The number of nitrogens with zero attached hydrogens (tertiary/aromatic N) is 3. The molecular formula is C12H13N3O. The van der Waals surface area contributed by atoms with Crippen molar-refractivity contribution in [1.82, 2.24) is 0 Å². The maximum atomic E-state index is 8.30. The van der Waals surface area contributed by atoms with Crippen LogP contribution in [0.1, 0.15) is 12.8 Å². The first-order chi connectivity index (χ1) is 7.90. The highest BCUT2D eigenvalue weighted by Gasteiger charge is 2.00. The van der Waals surface area contributed by atoms with Crippen LogP contribution >= 0.6 is 0 Å². The van der Waals surface area contributed by atoms with Gasteiger partial charge in [0.2, 0.25) is 0 Å². The minimum Gasteiger partial charge on any atom is -0.394 e. The molecule has 16 heavy (non-hydrogen) atoms. The first-order valence-corrected chi connectivity index (χ1v) is 5.17. The second kappa shape index (κ2) is 5.11. The molecule has 4 nitrogen and oxygen atoms in total. The number of allylic oxidation sites excluding steroid dienone is 2. The maximum absolute atomic E-state index is 8.30. The molecule has 0 aromatic heterocycles. The van der Waals surface area contributed by atoms with Gasteiger partial charge in [-0.3, -0.25) is 0 Å². The van der Waals surface area contributed by atoms with E-state index in [0.717, 1.165) is 18.5 Å². The predicted octanol–water partition coefficient (Wildman–Crippen LogP) is 3.79. The van der Waals surface area contributed by atoms with E-state index >= 15 is 0 Å². The van der Waals surface area contributed by atoms with Crippen LogP contribution in [-0.4, -0.2) is 5.21 Å². The van der Waals surface area contributed by atoms with Crippen molar-refractivity contribution in [2.24, 2.45) is 10.4 Å². The number of hydrogen-bond donors (Lipinski definition) is 1. The van der Waals surface area contributed by atoms with Crippen molar-refractivity contribution in [2.45, 2.75) is 12.8 Å². The lowest BCUT2D eigenvalue weighted by Gasteiger charge is -2.14. The zero-order valence-corrected chi connectivity index (χ0v) is 8.82. The normalized spacial score (nSPS) is 15.6. The van der Waals surface area contributed by atoms with Gasteiger partial charge in [-0.15, -0.1) is 5.11 Å². The van der Waals surface area contributed by atoms with E-state index in [9.17, 15) is 0 Å². The van der Waals surface area contributed by atoms with Crippen molar-refractivity contribution in [2.75, 3.05) is 4.90 Å². The SMILES string of the molecule is ON=Nc1ccc(N2C=CCCC=C2)cc1. The van der Waals surface area contributed by atoms with Gasteiger partial charge < -0.3 is 10.1 Å². The Morgan fingerprint density at radius 2 is 1.62 bits per heavy atom. The Morgan fingerprint density at radius 3 is 2.19 bits per heavy atom. The van der Waals surface area contributed by atoms with Crippen LogP contribution in [0.5, 0.6) is 0 Å². The van der Waals surface area contributed by atoms with E-state index in [1.807, 2.05) is 41.6 Å². The topological polar surface area (TPSA) is 48.2 Å². The highest BCUT2D eigenvalue weighted by atomic mass is 16.5. The summed E-state index contributed by atoms with van der Waals surface area (Å²) < 4.78 is 0. The molecule has 0 unspecified atom stereocenters. The van der Waals surface area contributed by atoms with E-state index in [1.54, 1.807) is 0 Å². The minimum atomic E-state index is 0.633. The predicted molar refractivity (Wildman–Crippen MR) is 62.7 cm³/mol. The second-order valence-electron chi connectivity index (χ2n) is 3.46. The molecule has 0 bridgehead atoms. The molecule has 0 fully saturated rings. The number of hydrogen-bond acceptors (Lipinski definition) is 3. The average Bonchev–Trinajstić information content (AvgIpc) is 2.59. The molecule has 4 heteroatoms. The monoisotopic (exact) mass is 215 g/mol. The number of benzene rings is 1. The molecule has 0 amide bonds. The highest BCUT2D eigenvalue weighted by molar-refractivity contribution is 5.56. The molecule has 0 saturated carbocycles. The van der Waals surface area contributed by atoms with Gasteiger partial charge in [0.25, 0.3) is 0 Å². The number of anilines is 1. The van der Waals surface area contributed by atoms with E-state index in [-0.39, 0.29) is 0 Å². The molecule has 82 valence electrons. The minimum absolute atomic E-state index is 0.633. The fourth-order valence-electron chi connectivity index (χ4n) is 1.53. The summed E-state index contributed by atoms with van der Waals surface area (Å²) in [6.45, 7) is 0. The van der Waals surface area contributed by atoms with Crippen LogP contribution in [0.25, 0.3) is 0 Å². The summed E-state index contributed by atoms with van der Waals surface area (Å²) in [6, 6.07) is 7.48. The second-order valence-corrected chi connectivity index (χ2v) is 3.46. The summed E-state index contributed by atoms with van der Waals surface area (Å²) in [5.41, 5.74) is 1.69. The van der Waals surface area contributed by atoms with Crippen molar-refractivity contribution >= 4 is 11.4 Å². The van der Waals surface area contributed by atoms with Gasteiger partial charge in [0.1, 0.15) is 0 Å². The summed E-state index contributed by atoms with van der Waals surface area (Å²) >= 11 is 0. The van der Waals surface area contributed by atoms with Crippen LogP contribution in [0.4, 0.5) is 11.4 Å². The van der Waals surface area contributed by atoms with Crippen LogP contribution < -0.4 is 4.90 Å². The molecule has 1 aliphatic rings. The quantitative estimate of drug-likeness (QED) is 0.602. The van der Waals surface area contributed by atoms with Crippen LogP contribution in [0.3, 0.4) is 0 Å². The molecule has 1 aromatic carbocycles. The Hall–Kier alpha value is -2.10. The highest BCUT2D eigenvalue weighted by Crippen LogP contribution is 2.21.